The summed E-state index contributed by atoms with van der Waals surface area (Å²) in [5, 5.41) is 11.6. The predicted octanol–water partition coefficient (Wildman–Crippen LogP) is 4.03. The number of alkyl carbamates (subject to hydrolysis) is 1. The molecule has 0 heterocycles. The van der Waals surface area contributed by atoms with Crippen LogP contribution in [-0.2, 0) is 11.3 Å². The molecule has 122 valence electrons. The van der Waals surface area contributed by atoms with Crippen molar-refractivity contribution < 1.29 is 13.9 Å². The SMILES string of the molecule is N#Cc1c(F)cccc1C=CCCNC(=O)OCc1ccccc1. The van der Waals surface area contributed by atoms with E-state index in [1.165, 1.54) is 6.07 Å². The van der Waals surface area contributed by atoms with Gasteiger partial charge in [0, 0.05) is 6.54 Å². The largest absolute Gasteiger partial charge is 0.445 e. The summed E-state index contributed by atoms with van der Waals surface area (Å²) in [4.78, 5) is 11.5. The number of nitrogens with one attached hydrogen (secondary N) is 1. The van der Waals surface area contributed by atoms with Crippen molar-refractivity contribution in [3.05, 3.63) is 77.1 Å². The molecule has 24 heavy (non-hydrogen) atoms. The fraction of sp³-hybridized carbons (Fsp3) is 0.158. The van der Waals surface area contributed by atoms with E-state index in [0.29, 0.717) is 18.5 Å². The van der Waals surface area contributed by atoms with Gasteiger partial charge in [-0.2, -0.15) is 5.26 Å². The number of benzene rings is 2. The number of hydrogen-bond donors (Lipinski definition) is 1. The van der Waals surface area contributed by atoms with Crippen molar-refractivity contribution in [2.75, 3.05) is 6.54 Å². The van der Waals surface area contributed by atoms with Gasteiger partial charge in [0.2, 0.25) is 0 Å². The smallest absolute Gasteiger partial charge is 0.407 e. The maximum atomic E-state index is 13.4. The lowest BCUT2D eigenvalue weighted by molar-refractivity contribution is 0.140. The summed E-state index contributed by atoms with van der Waals surface area (Å²) < 4.78 is 18.5. The summed E-state index contributed by atoms with van der Waals surface area (Å²) in [5.74, 6) is -0.540. The van der Waals surface area contributed by atoms with E-state index in [0.717, 1.165) is 5.56 Å². The number of rotatable bonds is 6. The highest BCUT2D eigenvalue weighted by molar-refractivity contribution is 5.67. The van der Waals surface area contributed by atoms with Gasteiger partial charge in [0.1, 0.15) is 18.5 Å². The Balaban J connectivity index is 1.72. The van der Waals surface area contributed by atoms with Crippen molar-refractivity contribution in [1.82, 2.24) is 5.32 Å². The van der Waals surface area contributed by atoms with E-state index in [1.807, 2.05) is 36.4 Å². The van der Waals surface area contributed by atoms with Crippen LogP contribution in [0.3, 0.4) is 0 Å². The normalized spacial score (nSPS) is 10.3. The minimum Gasteiger partial charge on any atom is -0.445 e. The van der Waals surface area contributed by atoms with Crippen molar-refractivity contribution in [2.45, 2.75) is 13.0 Å². The van der Waals surface area contributed by atoms with Gasteiger partial charge in [-0.3, -0.25) is 0 Å². The molecule has 5 heteroatoms. The molecule has 0 aliphatic heterocycles. The molecule has 1 amide bonds. The summed E-state index contributed by atoms with van der Waals surface area (Å²) in [5.41, 5.74) is 1.45. The lowest BCUT2D eigenvalue weighted by Crippen LogP contribution is -2.24. The maximum Gasteiger partial charge on any atom is 0.407 e. The number of nitriles is 1. The molecule has 0 radical (unpaired) electrons. The molecule has 2 aromatic carbocycles. The van der Waals surface area contributed by atoms with Gasteiger partial charge in [0.25, 0.3) is 0 Å². The third-order valence-electron chi connectivity index (χ3n) is 3.25. The molecule has 0 spiro atoms. The van der Waals surface area contributed by atoms with Gasteiger partial charge in [0.15, 0.2) is 0 Å². The van der Waals surface area contributed by atoms with E-state index in [-0.39, 0.29) is 12.2 Å². The van der Waals surface area contributed by atoms with Crippen LogP contribution in [0.1, 0.15) is 23.1 Å². The molecule has 0 saturated heterocycles. The summed E-state index contributed by atoms with van der Waals surface area (Å²) >= 11 is 0. The van der Waals surface area contributed by atoms with E-state index < -0.39 is 11.9 Å². The van der Waals surface area contributed by atoms with E-state index in [1.54, 1.807) is 24.3 Å². The van der Waals surface area contributed by atoms with Crippen molar-refractivity contribution in [2.24, 2.45) is 0 Å². The maximum absolute atomic E-state index is 13.4. The number of hydrogen-bond acceptors (Lipinski definition) is 3. The highest BCUT2D eigenvalue weighted by Crippen LogP contribution is 2.14. The van der Waals surface area contributed by atoms with E-state index in [9.17, 15) is 9.18 Å². The molecule has 0 atom stereocenters. The van der Waals surface area contributed by atoms with Gasteiger partial charge in [-0.25, -0.2) is 9.18 Å². The molecular formula is C19H17FN2O2. The van der Waals surface area contributed by atoms with E-state index in [2.05, 4.69) is 5.32 Å². The monoisotopic (exact) mass is 324 g/mol. The highest BCUT2D eigenvalue weighted by Gasteiger charge is 2.04. The number of nitrogens with zero attached hydrogens (tertiary/aromatic N) is 1. The van der Waals surface area contributed by atoms with Crippen LogP contribution in [0.4, 0.5) is 9.18 Å². The molecule has 0 aliphatic rings. The lowest BCUT2D eigenvalue weighted by Gasteiger charge is -2.06. The van der Waals surface area contributed by atoms with E-state index in [4.69, 9.17) is 10.00 Å². The van der Waals surface area contributed by atoms with E-state index >= 15 is 0 Å². The molecule has 0 bridgehead atoms. The number of ether oxygens (including phenoxy) is 1. The van der Waals surface area contributed by atoms with Crippen LogP contribution in [0, 0.1) is 17.1 Å². The zero-order valence-corrected chi connectivity index (χ0v) is 13.0. The van der Waals surface area contributed by atoms with Gasteiger partial charge >= 0.3 is 6.09 Å². The molecule has 1 N–H and O–H groups in total. The summed E-state index contributed by atoms with van der Waals surface area (Å²) in [6.45, 7) is 0.610. The average molecular weight is 324 g/mol. The second kappa shape index (κ2) is 9.11. The molecule has 0 saturated carbocycles. The number of carbonyl (C=O) groups excluding carboxylic acids is 1. The minimum atomic E-state index is -0.540. The first kappa shape index (κ1) is 17.2. The first-order valence-corrected chi connectivity index (χ1v) is 7.50. The number of carbonyl (C=O) groups is 1. The van der Waals surface area contributed by atoms with Crippen LogP contribution in [0.5, 0.6) is 0 Å². The van der Waals surface area contributed by atoms with Gasteiger partial charge in [-0.05, 0) is 23.6 Å². The Morgan fingerprint density at radius 1 is 1.21 bits per heavy atom. The molecular weight excluding hydrogens is 307 g/mol. The fourth-order valence-corrected chi connectivity index (χ4v) is 2.04. The molecule has 0 fully saturated rings. The molecule has 4 nitrogen and oxygen atoms in total. The molecule has 0 aromatic heterocycles. The molecule has 0 unspecified atom stereocenters. The first-order valence-electron chi connectivity index (χ1n) is 7.50. The van der Waals surface area contributed by atoms with Crippen LogP contribution in [0.25, 0.3) is 6.08 Å². The zero-order valence-electron chi connectivity index (χ0n) is 13.0. The quantitative estimate of drug-likeness (QED) is 0.816. The van der Waals surface area contributed by atoms with Crippen molar-refractivity contribution in [1.29, 1.82) is 5.26 Å². The van der Waals surface area contributed by atoms with Gasteiger partial charge < -0.3 is 10.1 Å². The van der Waals surface area contributed by atoms with Crippen LogP contribution in [0.2, 0.25) is 0 Å². The second-order valence-electron chi connectivity index (χ2n) is 5.00. The third-order valence-corrected chi connectivity index (χ3v) is 3.25. The average Bonchev–Trinajstić information content (AvgIpc) is 2.60. The topological polar surface area (TPSA) is 62.1 Å². The van der Waals surface area contributed by atoms with Gasteiger partial charge in [-0.15, -0.1) is 0 Å². The fourth-order valence-electron chi connectivity index (χ4n) is 2.04. The third kappa shape index (κ3) is 5.25. The molecule has 2 rings (SSSR count). The Morgan fingerprint density at radius 2 is 2.00 bits per heavy atom. The van der Waals surface area contributed by atoms with Crippen molar-refractivity contribution in [3.63, 3.8) is 0 Å². The highest BCUT2D eigenvalue weighted by atomic mass is 19.1. The Kier molecular flexibility index (Phi) is 6.54. The summed E-state index contributed by atoms with van der Waals surface area (Å²) in [6, 6.07) is 15.7. The summed E-state index contributed by atoms with van der Waals surface area (Å²) in [6.07, 6.45) is 3.49. The number of amides is 1. The Bertz CT molecular complexity index is 752. The predicted molar refractivity (Wildman–Crippen MR) is 89.4 cm³/mol. The minimum absolute atomic E-state index is 0.0176. The summed E-state index contributed by atoms with van der Waals surface area (Å²) in [7, 11) is 0. The van der Waals surface area contributed by atoms with Crippen LogP contribution in [-0.4, -0.2) is 12.6 Å². The molecule has 2 aromatic rings. The zero-order chi connectivity index (χ0) is 17.2. The second-order valence-corrected chi connectivity index (χ2v) is 5.00. The Hall–Kier alpha value is -3.13. The Morgan fingerprint density at radius 3 is 2.75 bits per heavy atom. The Labute approximate surface area is 140 Å². The first-order chi connectivity index (χ1) is 11.7. The van der Waals surface area contributed by atoms with Crippen LogP contribution in [0.15, 0.2) is 54.6 Å². The number of halogens is 1. The van der Waals surface area contributed by atoms with Gasteiger partial charge in [0.05, 0.1) is 5.56 Å². The van der Waals surface area contributed by atoms with Crippen LogP contribution < -0.4 is 5.32 Å². The molecule has 0 aliphatic carbocycles. The lowest BCUT2D eigenvalue weighted by atomic mass is 10.1. The standard InChI is InChI=1S/C19H17FN2O2/c20-18-11-6-10-16(17(18)13-21)9-4-5-12-22-19(23)24-14-15-7-2-1-3-8-15/h1-4,6-11H,5,12,14H2,(H,22,23). The van der Waals surface area contributed by atoms with Crippen molar-refractivity contribution >= 4 is 12.2 Å². The van der Waals surface area contributed by atoms with Crippen LogP contribution >= 0.6 is 0 Å². The van der Waals surface area contributed by atoms with Crippen molar-refractivity contribution in [3.8, 4) is 6.07 Å². The van der Waals surface area contributed by atoms with Gasteiger partial charge in [-0.1, -0.05) is 54.6 Å².